The van der Waals surface area contributed by atoms with E-state index in [1.54, 1.807) is 0 Å². The molecule has 2 rings (SSSR count). The number of hydrazone groups is 1. The van der Waals surface area contributed by atoms with Crippen molar-refractivity contribution in [3.63, 3.8) is 0 Å². The van der Waals surface area contributed by atoms with Gasteiger partial charge >= 0.3 is 12.0 Å². The monoisotopic (exact) mass is 281 g/mol. The van der Waals surface area contributed by atoms with Gasteiger partial charge in [-0.05, 0) is 18.9 Å². The summed E-state index contributed by atoms with van der Waals surface area (Å²) in [6, 6.07) is 2.64. The highest BCUT2D eigenvalue weighted by Crippen LogP contribution is 2.18. The number of hydrogen-bond acceptors (Lipinski definition) is 6. The van der Waals surface area contributed by atoms with Crippen LogP contribution < -0.4 is 0 Å². The Bertz CT molecular complexity index is 525. The van der Waals surface area contributed by atoms with Crippen molar-refractivity contribution in [2.75, 3.05) is 6.54 Å². The third-order valence-electron chi connectivity index (χ3n) is 2.85. The number of ether oxygens (including phenoxy) is 1. The van der Waals surface area contributed by atoms with Crippen LogP contribution >= 0.6 is 0 Å². The number of carbonyl (C=O) groups is 1. The number of rotatable bonds is 6. The molecule has 0 saturated carbocycles. The lowest BCUT2D eigenvalue weighted by Crippen LogP contribution is -2.19. The van der Waals surface area contributed by atoms with E-state index in [4.69, 9.17) is 9.15 Å². The number of cyclic esters (lactones) is 1. The van der Waals surface area contributed by atoms with Gasteiger partial charge < -0.3 is 9.15 Å². The lowest BCUT2D eigenvalue weighted by molar-refractivity contribution is -0.402. The van der Waals surface area contributed by atoms with Crippen molar-refractivity contribution in [1.29, 1.82) is 0 Å². The van der Waals surface area contributed by atoms with E-state index in [2.05, 4.69) is 12.0 Å². The molecule has 0 spiro atoms. The van der Waals surface area contributed by atoms with Gasteiger partial charge in [0.2, 0.25) is 0 Å². The van der Waals surface area contributed by atoms with Crippen molar-refractivity contribution >= 4 is 18.2 Å². The smallest absolute Gasteiger partial charge is 0.433 e. The summed E-state index contributed by atoms with van der Waals surface area (Å²) in [4.78, 5) is 21.3. The zero-order chi connectivity index (χ0) is 14.5. The van der Waals surface area contributed by atoms with Gasteiger partial charge in [0.1, 0.15) is 11.0 Å². The van der Waals surface area contributed by atoms with Gasteiger partial charge in [-0.25, -0.2) is 4.79 Å². The van der Waals surface area contributed by atoms with Crippen molar-refractivity contribution in [3.8, 4) is 0 Å². The van der Waals surface area contributed by atoms with Crippen LogP contribution in [0.5, 0.6) is 0 Å². The standard InChI is InChI=1S/C12H15N3O5/c1-2-3-4-10-8-14(12(16)20-10)13-7-9-5-6-11(19-9)15(17)18/h5-7,10H,2-4,8H2,1H3/b13-7+. The van der Waals surface area contributed by atoms with Gasteiger partial charge in [-0.1, -0.05) is 13.3 Å². The molecular formula is C12H15N3O5. The molecular weight excluding hydrogens is 266 g/mol. The molecule has 1 amide bonds. The Morgan fingerprint density at radius 2 is 2.40 bits per heavy atom. The average Bonchev–Trinajstić information content (AvgIpc) is 3.01. The minimum Gasteiger partial charge on any atom is -0.443 e. The SMILES string of the molecule is CCCCC1CN(/N=C/c2ccc([N+](=O)[O-])o2)C(=O)O1. The summed E-state index contributed by atoms with van der Waals surface area (Å²) < 4.78 is 10.0. The van der Waals surface area contributed by atoms with Crippen LogP contribution in [-0.2, 0) is 4.74 Å². The lowest BCUT2D eigenvalue weighted by atomic mass is 10.2. The van der Waals surface area contributed by atoms with E-state index in [9.17, 15) is 14.9 Å². The molecule has 108 valence electrons. The Hall–Kier alpha value is -2.38. The Labute approximate surface area is 115 Å². The van der Waals surface area contributed by atoms with E-state index in [0.29, 0.717) is 6.54 Å². The summed E-state index contributed by atoms with van der Waals surface area (Å²) in [5.74, 6) is -0.155. The van der Waals surface area contributed by atoms with Gasteiger partial charge in [-0.2, -0.15) is 10.1 Å². The Morgan fingerprint density at radius 1 is 1.60 bits per heavy atom. The molecule has 1 unspecified atom stereocenters. The van der Waals surface area contributed by atoms with Gasteiger partial charge in [0.25, 0.3) is 0 Å². The van der Waals surface area contributed by atoms with Crippen LogP contribution in [0.4, 0.5) is 10.7 Å². The number of unbranched alkanes of at least 4 members (excludes halogenated alkanes) is 1. The average molecular weight is 281 g/mol. The van der Waals surface area contributed by atoms with Gasteiger partial charge in [0, 0.05) is 0 Å². The molecule has 1 aromatic rings. The molecule has 1 aliphatic rings. The van der Waals surface area contributed by atoms with Crippen LogP contribution in [0, 0.1) is 10.1 Å². The van der Waals surface area contributed by atoms with Crippen LogP contribution in [-0.4, -0.2) is 34.9 Å². The molecule has 8 heteroatoms. The molecule has 0 aromatic carbocycles. The van der Waals surface area contributed by atoms with E-state index < -0.39 is 11.0 Å². The maximum atomic E-state index is 11.5. The minimum absolute atomic E-state index is 0.148. The summed E-state index contributed by atoms with van der Waals surface area (Å²) >= 11 is 0. The zero-order valence-electron chi connectivity index (χ0n) is 11.0. The maximum absolute atomic E-state index is 11.5. The summed E-state index contributed by atoms with van der Waals surface area (Å²) in [6.45, 7) is 2.45. The second kappa shape index (κ2) is 6.18. The summed E-state index contributed by atoms with van der Waals surface area (Å²) in [5.41, 5.74) is 0. The van der Waals surface area contributed by atoms with E-state index in [1.165, 1.54) is 23.4 Å². The number of amides is 1. The second-order valence-corrected chi connectivity index (χ2v) is 4.41. The van der Waals surface area contributed by atoms with E-state index in [0.717, 1.165) is 19.3 Å². The van der Waals surface area contributed by atoms with Gasteiger partial charge in [-0.3, -0.25) is 10.1 Å². The van der Waals surface area contributed by atoms with Crippen molar-refractivity contribution in [2.24, 2.45) is 5.10 Å². The molecule has 0 bridgehead atoms. The number of furan rings is 1. The summed E-state index contributed by atoms with van der Waals surface area (Å²) in [5, 5.41) is 15.6. The Balaban J connectivity index is 1.93. The Kier molecular flexibility index (Phi) is 4.34. The molecule has 2 heterocycles. The molecule has 0 radical (unpaired) electrons. The van der Waals surface area contributed by atoms with Crippen molar-refractivity contribution in [2.45, 2.75) is 32.3 Å². The largest absolute Gasteiger partial charge is 0.443 e. The Morgan fingerprint density at radius 3 is 3.05 bits per heavy atom. The van der Waals surface area contributed by atoms with Crippen molar-refractivity contribution < 1.29 is 18.9 Å². The van der Waals surface area contributed by atoms with Crippen LogP contribution in [0.15, 0.2) is 21.7 Å². The first-order valence-corrected chi connectivity index (χ1v) is 6.36. The van der Waals surface area contributed by atoms with Crippen LogP contribution in [0.1, 0.15) is 31.9 Å². The number of nitrogens with zero attached hydrogens (tertiary/aromatic N) is 3. The molecule has 1 saturated heterocycles. The normalized spacial score (nSPS) is 18.8. The third-order valence-corrected chi connectivity index (χ3v) is 2.85. The fourth-order valence-electron chi connectivity index (χ4n) is 1.82. The first-order chi connectivity index (χ1) is 9.60. The van der Waals surface area contributed by atoms with Crippen LogP contribution in [0.2, 0.25) is 0 Å². The number of hydrogen-bond donors (Lipinski definition) is 0. The highest BCUT2D eigenvalue weighted by Gasteiger charge is 2.30. The van der Waals surface area contributed by atoms with E-state index in [1.807, 2.05) is 0 Å². The highest BCUT2D eigenvalue weighted by atomic mass is 16.6. The zero-order valence-corrected chi connectivity index (χ0v) is 11.0. The summed E-state index contributed by atoms with van der Waals surface area (Å²) in [7, 11) is 0. The second-order valence-electron chi connectivity index (χ2n) is 4.41. The third kappa shape index (κ3) is 3.34. The van der Waals surface area contributed by atoms with Crippen LogP contribution in [0.25, 0.3) is 0 Å². The first-order valence-electron chi connectivity index (χ1n) is 6.36. The molecule has 8 nitrogen and oxygen atoms in total. The summed E-state index contributed by atoms with van der Waals surface area (Å²) in [6.07, 6.45) is 3.43. The van der Waals surface area contributed by atoms with Gasteiger partial charge in [0.05, 0.1) is 18.8 Å². The maximum Gasteiger partial charge on any atom is 0.433 e. The molecule has 1 atom stereocenters. The molecule has 1 fully saturated rings. The molecule has 1 aliphatic heterocycles. The molecule has 1 aromatic heterocycles. The number of nitro groups is 1. The quantitative estimate of drug-likeness (QED) is 0.453. The first kappa shape index (κ1) is 14.0. The van der Waals surface area contributed by atoms with Crippen molar-refractivity contribution in [1.82, 2.24) is 5.01 Å². The molecule has 20 heavy (non-hydrogen) atoms. The van der Waals surface area contributed by atoms with Crippen LogP contribution in [0.3, 0.4) is 0 Å². The van der Waals surface area contributed by atoms with E-state index in [-0.39, 0.29) is 17.7 Å². The number of carbonyl (C=O) groups excluding carboxylic acids is 1. The topological polar surface area (TPSA) is 98.2 Å². The minimum atomic E-state index is -0.637. The fraction of sp³-hybridized carbons (Fsp3) is 0.500. The van der Waals surface area contributed by atoms with Gasteiger partial charge in [-0.15, -0.1) is 0 Å². The predicted molar refractivity (Wildman–Crippen MR) is 69.5 cm³/mol. The van der Waals surface area contributed by atoms with E-state index >= 15 is 0 Å². The highest BCUT2D eigenvalue weighted by molar-refractivity contribution is 5.78. The molecule has 0 N–H and O–H groups in total. The predicted octanol–water partition coefficient (Wildman–Crippen LogP) is 2.53. The molecule has 0 aliphatic carbocycles. The van der Waals surface area contributed by atoms with Gasteiger partial charge in [0.15, 0.2) is 5.76 Å². The fourth-order valence-corrected chi connectivity index (χ4v) is 1.82. The lowest BCUT2D eigenvalue weighted by Gasteiger charge is -2.05. The van der Waals surface area contributed by atoms with Crippen molar-refractivity contribution in [3.05, 3.63) is 28.0 Å².